The van der Waals surface area contributed by atoms with Gasteiger partial charge in [-0.2, -0.15) is 13.2 Å². The van der Waals surface area contributed by atoms with Crippen LogP contribution in [-0.4, -0.2) is 29.4 Å². The monoisotopic (exact) mass is 302 g/mol. The third kappa shape index (κ3) is 3.13. The minimum atomic E-state index is -4.88. The van der Waals surface area contributed by atoms with Gasteiger partial charge in [0, 0.05) is 0 Å². The Morgan fingerprint density at radius 1 is 1.40 bits per heavy atom. The third-order valence-electron chi connectivity index (χ3n) is 2.23. The average molecular weight is 302 g/mol. The lowest BCUT2D eigenvalue weighted by Crippen LogP contribution is -2.32. The number of rotatable bonds is 3. The van der Waals surface area contributed by atoms with Crippen LogP contribution in [0.2, 0.25) is 0 Å². The van der Waals surface area contributed by atoms with Crippen molar-refractivity contribution in [2.24, 2.45) is 4.99 Å². The summed E-state index contributed by atoms with van der Waals surface area (Å²) >= 11 is 0.971. The number of para-hydroxylation sites is 1. The molecule has 2 rings (SSSR count). The van der Waals surface area contributed by atoms with Gasteiger partial charge in [0.25, 0.3) is 0 Å². The van der Waals surface area contributed by atoms with Gasteiger partial charge in [-0.3, -0.25) is 0 Å². The fraction of sp³-hybridized carbons (Fsp3) is 0.250. The summed E-state index contributed by atoms with van der Waals surface area (Å²) in [5.74, 6) is -1.50. The standard InChI is InChI=1S/C12H9F3N2O2S/c1-2-19-10(18)9(12(13,14)15)17-11-16-7-5-3-4-6-8(7)20-11/h3-6H,2H2,1H3. The van der Waals surface area contributed by atoms with Crippen molar-refractivity contribution in [1.82, 2.24) is 4.98 Å². The van der Waals surface area contributed by atoms with Crippen LogP contribution in [0.15, 0.2) is 29.3 Å². The van der Waals surface area contributed by atoms with Crippen LogP contribution in [0.5, 0.6) is 0 Å². The number of carbonyl (C=O) groups excluding carboxylic acids is 1. The molecule has 0 bridgehead atoms. The van der Waals surface area contributed by atoms with E-state index in [2.05, 4.69) is 14.7 Å². The molecule has 0 aliphatic rings. The van der Waals surface area contributed by atoms with Gasteiger partial charge in [-0.25, -0.2) is 14.8 Å². The van der Waals surface area contributed by atoms with Gasteiger partial charge in [-0.05, 0) is 19.1 Å². The number of esters is 1. The first kappa shape index (κ1) is 14.4. The van der Waals surface area contributed by atoms with Crippen LogP contribution in [0.3, 0.4) is 0 Å². The van der Waals surface area contributed by atoms with Gasteiger partial charge >= 0.3 is 12.1 Å². The Morgan fingerprint density at radius 2 is 2.10 bits per heavy atom. The molecule has 0 fully saturated rings. The Labute approximate surface area is 115 Å². The fourth-order valence-electron chi connectivity index (χ4n) is 1.43. The molecular formula is C12H9F3N2O2S. The van der Waals surface area contributed by atoms with Gasteiger partial charge in [-0.15, -0.1) is 0 Å². The summed E-state index contributed by atoms with van der Waals surface area (Å²) in [6, 6.07) is 6.82. The first-order valence-corrected chi connectivity index (χ1v) is 6.42. The van der Waals surface area contributed by atoms with Gasteiger partial charge in [0.15, 0.2) is 0 Å². The number of aliphatic imine (C=N–C) groups is 1. The molecule has 1 heterocycles. The second-order valence-corrected chi connectivity index (χ2v) is 4.65. The zero-order valence-electron chi connectivity index (χ0n) is 10.3. The second-order valence-electron chi connectivity index (χ2n) is 3.64. The maximum Gasteiger partial charge on any atom is 0.440 e. The maximum atomic E-state index is 12.8. The summed E-state index contributed by atoms with van der Waals surface area (Å²) in [5.41, 5.74) is -1.07. The number of aromatic nitrogens is 1. The topological polar surface area (TPSA) is 51.5 Å². The molecule has 0 amide bonds. The smallest absolute Gasteiger partial charge is 0.440 e. The van der Waals surface area contributed by atoms with Gasteiger partial charge in [0.2, 0.25) is 10.8 Å². The quantitative estimate of drug-likeness (QED) is 0.644. The van der Waals surface area contributed by atoms with Gasteiger partial charge in [0.05, 0.1) is 16.8 Å². The van der Waals surface area contributed by atoms with Crippen molar-refractivity contribution in [3.05, 3.63) is 24.3 Å². The van der Waals surface area contributed by atoms with Crippen molar-refractivity contribution < 1.29 is 22.7 Å². The van der Waals surface area contributed by atoms with E-state index in [1.807, 2.05) is 0 Å². The molecule has 0 atom stereocenters. The van der Waals surface area contributed by atoms with Crippen molar-refractivity contribution in [3.63, 3.8) is 0 Å². The van der Waals surface area contributed by atoms with E-state index in [4.69, 9.17) is 0 Å². The molecule has 20 heavy (non-hydrogen) atoms. The molecule has 0 radical (unpaired) electrons. The maximum absolute atomic E-state index is 12.8. The molecule has 0 N–H and O–H groups in total. The molecule has 0 spiro atoms. The summed E-state index contributed by atoms with van der Waals surface area (Å²) in [4.78, 5) is 18.6. The first-order valence-electron chi connectivity index (χ1n) is 5.60. The predicted octanol–water partition coefficient (Wildman–Crippen LogP) is 3.49. The molecule has 106 valence electrons. The fourth-order valence-corrected chi connectivity index (χ4v) is 2.27. The highest BCUT2D eigenvalue weighted by atomic mass is 32.1. The number of thiazole rings is 1. The number of fused-ring (bicyclic) bond motifs is 1. The predicted molar refractivity (Wildman–Crippen MR) is 69.4 cm³/mol. The van der Waals surface area contributed by atoms with Gasteiger partial charge in [0.1, 0.15) is 0 Å². The molecule has 0 aliphatic heterocycles. The highest BCUT2D eigenvalue weighted by molar-refractivity contribution is 7.22. The van der Waals surface area contributed by atoms with Crippen molar-refractivity contribution in [2.45, 2.75) is 13.1 Å². The summed E-state index contributed by atoms with van der Waals surface area (Å²) in [7, 11) is 0. The van der Waals surface area contributed by atoms with Crippen LogP contribution in [0, 0.1) is 0 Å². The summed E-state index contributed by atoms with van der Waals surface area (Å²) in [6.45, 7) is 1.26. The summed E-state index contributed by atoms with van der Waals surface area (Å²) in [6.07, 6.45) is -4.88. The van der Waals surface area contributed by atoms with Gasteiger partial charge < -0.3 is 4.74 Å². The lowest BCUT2D eigenvalue weighted by Gasteiger charge is -2.08. The Hall–Kier alpha value is -1.96. The SMILES string of the molecule is CCOC(=O)C(=Nc1nc2ccccc2s1)C(F)(F)F. The van der Waals surface area contributed by atoms with Crippen molar-refractivity contribution in [1.29, 1.82) is 0 Å². The van der Waals surface area contributed by atoms with Crippen LogP contribution in [0.25, 0.3) is 10.2 Å². The van der Waals surface area contributed by atoms with Crippen molar-refractivity contribution >= 4 is 38.4 Å². The molecule has 2 aromatic rings. The average Bonchev–Trinajstić information content (AvgIpc) is 2.77. The normalized spacial score (nSPS) is 12.7. The van der Waals surface area contributed by atoms with Gasteiger partial charge in [-0.1, -0.05) is 23.5 Å². The number of carbonyl (C=O) groups is 1. The third-order valence-corrected chi connectivity index (χ3v) is 3.16. The van der Waals surface area contributed by atoms with Crippen LogP contribution < -0.4 is 0 Å². The number of halogens is 3. The van der Waals surface area contributed by atoms with Crippen LogP contribution in [-0.2, 0) is 9.53 Å². The van der Waals surface area contributed by atoms with Crippen molar-refractivity contribution in [2.75, 3.05) is 6.61 Å². The summed E-state index contributed by atoms with van der Waals surface area (Å²) < 4.78 is 43.4. The molecule has 8 heteroatoms. The first-order chi connectivity index (χ1) is 9.41. The molecule has 1 aromatic carbocycles. The van der Waals surface area contributed by atoms with E-state index in [1.165, 1.54) is 6.92 Å². The number of hydrogen-bond acceptors (Lipinski definition) is 5. The second kappa shape index (κ2) is 5.58. The van der Waals surface area contributed by atoms with Crippen LogP contribution >= 0.6 is 11.3 Å². The van der Waals surface area contributed by atoms with Crippen LogP contribution in [0.1, 0.15) is 6.92 Å². The number of alkyl halides is 3. The van der Waals surface area contributed by atoms with Crippen molar-refractivity contribution in [3.8, 4) is 0 Å². The van der Waals surface area contributed by atoms with E-state index in [0.717, 1.165) is 11.3 Å². The molecule has 0 saturated heterocycles. The van der Waals surface area contributed by atoms with E-state index in [1.54, 1.807) is 24.3 Å². The van der Waals surface area contributed by atoms with Crippen LogP contribution in [0.4, 0.5) is 18.3 Å². The minimum absolute atomic E-state index is 0.133. The Balaban J connectivity index is 2.44. The highest BCUT2D eigenvalue weighted by Gasteiger charge is 2.42. The van der Waals surface area contributed by atoms with E-state index in [-0.39, 0.29) is 11.7 Å². The zero-order valence-corrected chi connectivity index (χ0v) is 11.1. The molecule has 1 aromatic heterocycles. The molecule has 0 aliphatic carbocycles. The highest BCUT2D eigenvalue weighted by Crippen LogP contribution is 2.30. The molecule has 0 unspecified atom stereocenters. The Bertz CT molecular complexity index is 631. The summed E-state index contributed by atoms with van der Waals surface area (Å²) in [5, 5.41) is -0.133. The Kier molecular flexibility index (Phi) is 4.03. The number of benzene rings is 1. The van der Waals surface area contributed by atoms with E-state index in [0.29, 0.717) is 10.2 Å². The number of hydrogen-bond donors (Lipinski definition) is 0. The van der Waals surface area contributed by atoms with E-state index in [9.17, 15) is 18.0 Å². The van der Waals surface area contributed by atoms with E-state index < -0.39 is 17.9 Å². The minimum Gasteiger partial charge on any atom is -0.461 e. The lowest BCUT2D eigenvalue weighted by atomic mass is 10.3. The molecular weight excluding hydrogens is 293 g/mol. The number of nitrogens with zero attached hydrogens (tertiary/aromatic N) is 2. The molecule has 0 saturated carbocycles. The zero-order chi connectivity index (χ0) is 14.8. The number of ether oxygens (including phenoxy) is 1. The lowest BCUT2D eigenvalue weighted by molar-refractivity contribution is -0.139. The largest absolute Gasteiger partial charge is 0.461 e. The molecule has 4 nitrogen and oxygen atoms in total. The Morgan fingerprint density at radius 3 is 2.70 bits per heavy atom. The van der Waals surface area contributed by atoms with E-state index >= 15 is 0 Å².